The minimum Gasteiger partial charge on any atom is -0.481 e. The Labute approximate surface area is 131 Å². The van der Waals surface area contributed by atoms with Crippen LogP contribution in [0.5, 0.6) is 0 Å². The minimum atomic E-state index is -3.69. The zero-order valence-corrected chi connectivity index (χ0v) is 13.3. The fourth-order valence-electron chi connectivity index (χ4n) is 1.97. The smallest absolute Gasteiger partial charge is 0.312 e. The Kier molecular flexibility index (Phi) is 4.80. The molecule has 0 bridgehead atoms. The van der Waals surface area contributed by atoms with E-state index in [0.29, 0.717) is 10.0 Å². The molecule has 0 aliphatic carbocycles. The van der Waals surface area contributed by atoms with Gasteiger partial charge in [0.1, 0.15) is 0 Å². The molecule has 0 spiro atoms. The van der Waals surface area contributed by atoms with Gasteiger partial charge in [0.05, 0.1) is 16.6 Å². The highest BCUT2D eigenvalue weighted by molar-refractivity contribution is 9.10. The number of rotatable bonds is 5. The van der Waals surface area contributed by atoms with Crippen LogP contribution in [0.15, 0.2) is 64.0 Å². The van der Waals surface area contributed by atoms with Gasteiger partial charge in [-0.1, -0.05) is 52.3 Å². The summed E-state index contributed by atoms with van der Waals surface area (Å²) in [4.78, 5) is 11.5. The van der Waals surface area contributed by atoms with E-state index in [0.717, 1.165) is 0 Å². The van der Waals surface area contributed by atoms with Crippen LogP contribution in [0.25, 0.3) is 0 Å². The monoisotopic (exact) mass is 368 g/mol. The normalized spacial score (nSPS) is 12.8. The highest BCUT2D eigenvalue weighted by atomic mass is 79.9. The van der Waals surface area contributed by atoms with E-state index in [1.807, 2.05) is 0 Å². The first-order valence-corrected chi connectivity index (χ1v) is 8.61. The Morgan fingerprint density at radius 2 is 1.76 bits per heavy atom. The first-order valence-electron chi connectivity index (χ1n) is 6.16. The van der Waals surface area contributed by atoms with Crippen molar-refractivity contribution in [3.05, 3.63) is 64.6 Å². The summed E-state index contributed by atoms with van der Waals surface area (Å²) in [5, 5.41) is 9.32. The van der Waals surface area contributed by atoms with Crippen molar-refractivity contribution in [2.45, 2.75) is 10.8 Å². The van der Waals surface area contributed by atoms with E-state index in [2.05, 4.69) is 15.9 Å². The van der Waals surface area contributed by atoms with E-state index < -0.39 is 27.5 Å². The molecule has 1 atom stereocenters. The number of carboxylic acids is 1. The molecule has 4 nitrogen and oxygen atoms in total. The Morgan fingerprint density at radius 1 is 1.10 bits per heavy atom. The van der Waals surface area contributed by atoms with Gasteiger partial charge in [0.2, 0.25) is 0 Å². The second kappa shape index (κ2) is 6.41. The standard InChI is InChI=1S/C15H13BrO4S/c16-12-7-4-8-13(9-12)21(19,20)10-14(15(17)18)11-5-2-1-3-6-11/h1-9,14H,10H2,(H,17,18). The van der Waals surface area contributed by atoms with Gasteiger partial charge < -0.3 is 5.11 Å². The SMILES string of the molecule is O=C(O)C(CS(=O)(=O)c1cccc(Br)c1)c1ccccc1. The Hall–Kier alpha value is -1.66. The highest BCUT2D eigenvalue weighted by Gasteiger charge is 2.28. The molecule has 6 heteroatoms. The summed E-state index contributed by atoms with van der Waals surface area (Å²) in [5.74, 6) is -2.71. The maximum atomic E-state index is 12.4. The molecule has 0 aliphatic heterocycles. The van der Waals surface area contributed by atoms with Crippen molar-refractivity contribution in [2.75, 3.05) is 5.75 Å². The molecule has 0 aromatic heterocycles. The summed E-state index contributed by atoms with van der Waals surface area (Å²) >= 11 is 3.21. The number of benzene rings is 2. The largest absolute Gasteiger partial charge is 0.481 e. The topological polar surface area (TPSA) is 71.4 Å². The lowest BCUT2D eigenvalue weighted by Crippen LogP contribution is -2.22. The molecule has 0 saturated carbocycles. The fourth-order valence-corrected chi connectivity index (χ4v) is 4.08. The maximum absolute atomic E-state index is 12.4. The van der Waals surface area contributed by atoms with Crippen molar-refractivity contribution in [1.82, 2.24) is 0 Å². The molecule has 0 fully saturated rings. The maximum Gasteiger partial charge on any atom is 0.312 e. The van der Waals surface area contributed by atoms with Crippen LogP contribution in [0.3, 0.4) is 0 Å². The van der Waals surface area contributed by atoms with Crippen LogP contribution < -0.4 is 0 Å². The van der Waals surface area contributed by atoms with Crippen molar-refractivity contribution in [2.24, 2.45) is 0 Å². The molecule has 1 N–H and O–H groups in total. The molecule has 0 radical (unpaired) electrons. The minimum absolute atomic E-state index is 0.110. The summed E-state index contributed by atoms with van der Waals surface area (Å²) < 4.78 is 25.4. The molecule has 0 heterocycles. The lowest BCUT2D eigenvalue weighted by Gasteiger charge is -2.13. The van der Waals surface area contributed by atoms with Crippen LogP contribution in [0.1, 0.15) is 11.5 Å². The van der Waals surface area contributed by atoms with Gasteiger partial charge in [0.15, 0.2) is 9.84 Å². The number of hydrogen-bond donors (Lipinski definition) is 1. The molecule has 2 aromatic carbocycles. The first-order chi connectivity index (χ1) is 9.90. The number of halogens is 1. The average molecular weight is 369 g/mol. The summed E-state index contributed by atoms with van der Waals surface area (Å²) in [6.07, 6.45) is 0. The first kappa shape index (κ1) is 15.7. The Balaban J connectivity index is 2.35. The second-order valence-corrected chi connectivity index (χ2v) is 7.49. The van der Waals surface area contributed by atoms with Crippen LogP contribution in [-0.2, 0) is 14.6 Å². The third-order valence-corrected chi connectivity index (χ3v) is 5.28. The van der Waals surface area contributed by atoms with Crippen LogP contribution in [0, 0.1) is 0 Å². The molecular weight excluding hydrogens is 356 g/mol. The van der Waals surface area contributed by atoms with Gasteiger partial charge in [-0.2, -0.15) is 0 Å². The van der Waals surface area contributed by atoms with Gasteiger partial charge >= 0.3 is 5.97 Å². The van der Waals surface area contributed by atoms with E-state index in [4.69, 9.17) is 0 Å². The number of carboxylic acid groups (broad SMARTS) is 1. The zero-order valence-electron chi connectivity index (χ0n) is 10.9. The van der Waals surface area contributed by atoms with Crippen LogP contribution in [0.4, 0.5) is 0 Å². The quantitative estimate of drug-likeness (QED) is 0.879. The van der Waals surface area contributed by atoms with Crippen LogP contribution in [-0.4, -0.2) is 25.2 Å². The number of hydrogen-bond acceptors (Lipinski definition) is 3. The molecule has 2 aromatic rings. The molecule has 1 unspecified atom stereocenters. The zero-order chi connectivity index (χ0) is 15.5. The number of sulfone groups is 1. The molecule has 0 aliphatic rings. The van der Waals surface area contributed by atoms with Gasteiger partial charge in [0.25, 0.3) is 0 Å². The van der Waals surface area contributed by atoms with Gasteiger partial charge in [-0.05, 0) is 23.8 Å². The van der Waals surface area contributed by atoms with E-state index in [1.54, 1.807) is 42.5 Å². The molecule has 0 amide bonds. The van der Waals surface area contributed by atoms with E-state index in [-0.39, 0.29) is 4.90 Å². The Bertz CT molecular complexity index is 741. The van der Waals surface area contributed by atoms with Crippen LogP contribution in [0.2, 0.25) is 0 Å². The molecular formula is C15H13BrO4S. The summed E-state index contributed by atoms with van der Waals surface area (Å²) in [6, 6.07) is 14.6. The van der Waals surface area contributed by atoms with E-state index >= 15 is 0 Å². The van der Waals surface area contributed by atoms with Crippen molar-refractivity contribution < 1.29 is 18.3 Å². The molecule has 0 saturated heterocycles. The Morgan fingerprint density at radius 3 is 2.33 bits per heavy atom. The van der Waals surface area contributed by atoms with Crippen molar-refractivity contribution >= 4 is 31.7 Å². The lowest BCUT2D eigenvalue weighted by molar-refractivity contribution is -0.138. The summed E-state index contributed by atoms with van der Waals surface area (Å²) in [6.45, 7) is 0. The predicted octanol–water partition coefficient (Wildman–Crippen LogP) is 3.09. The molecule has 21 heavy (non-hydrogen) atoms. The number of carbonyl (C=O) groups is 1. The third-order valence-electron chi connectivity index (χ3n) is 3.04. The second-order valence-electron chi connectivity index (χ2n) is 4.54. The van der Waals surface area contributed by atoms with Gasteiger partial charge in [-0.3, -0.25) is 4.79 Å². The summed E-state index contributed by atoms with van der Waals surface area (Å²) in [5.41, 5.74) is 0.476. The van der Waals surface area contributed by atoms with Crippen molar-refractivity contribution in [1.29, 1.82) is 0 Å². The van der Waals surface area contributed by atoms with Gasteiger partial charge in [0, 0.05) is 4.47 Å². The average Bonchev–Trinajstić information content (AvgIpc) is 2.45. The van der Waals surface area contributed by atoms with Crippen LogP contribution >= 0.6 is 15.9 Å². The highest BCUT2D eigenvalue weighted by Crippen LogP contribution is 2.24. The lowest BCUT2D eigenvalue weighted by atomic mass is 10.0. The van der Waals surface area contributed by atoms with Crippen molar-refractivity contribution in [3.63, 3.8) is 0 Å². The predicted molar refractivity (Wildman–Crippen MR) is 83.0 cm³/mol. The molecule has 110 valence electrons. The fraction of sp³-hybridized carbons (Fsp3) is 0.133. The molecule has 2 rings (SSSR count). The van der Waals surface area contributed by atoms with E-state index in [1.165, 1.54) is 12.1 Å². The summed E-state index contributed by atoms with van der Waals surface area (Å²) in [7, 11) is -3.69. The number of aliphatic carboxylic acids is 1. The van der Waals surface area contributed by atoms with E-state index in [9.17, 15) is 18.3 Å². The third kappa shape index (κ3) is 3.92. The van der Waals surface area contributed by atoms with Gasteiger partial charge in [-0.15, -0.1) is 0 Å². The van der Waals surface area contributed by atoms with Gasteiger partial charge in [-0.25, -0.2) is 8.42 Å². The van der Waals surface area contributed by atoms with Crippen molar-refractivity contribution in [3.8, 4) is 0 Å².